The zero-order valence-electron chi connectivity index (χ0n) is 10.7. The maximum atomic E-state index is 11.5. The van der Waals surface area contributed by atoms with Crippen LogP contribution in [0.25, 0.3) is 0 Å². The van der Waals surface area contributed by atoms with Crippen LogP contribution in [0.2, 0.25) is 0 Å². The molecule has 4 heteroatoms. The minimum absolute atomic E-state index is 0.0699. The molecule has 1 amide bonds. The maximum Gasteiger partial charge on any atom is 0.236 e. The number of nitrogens with two attached hydrogens (primary N) is 1. The molecule has 1 rings (SSSR count). The SMILES string of the molecule is CC(N)C(=O)NC1CCOC(C(C)(C)C)C1. The van der Waals surface area contributed by atoms with Crippen LogP contribution in [0.5, 0.6) is 0 Å². The van der Waals surface area contributed by atoms with E-state index in [2.05, 4.69) is 26.1 Å². The fourth-order valence-electron chi connectivity index (χ4n) is 1.86. The van der Waals surface area contributed by atoms with E-state index in [0.717, 1.165) is 12.8 Å². The Morgan fingerprint density at radius 3 is 2.62 bits per heavy atom. The van der Waals surface area contributed by atoms with Crippen molar-refractivity contribution in [1.82, 2.24) is 5.32 Å². The average Bonchev–Trinajstić information content (AvgIpc) is 2.16. The molecule has 0 aliphatic carbocycles. The third-order valence-electron chi connectivity index (χ3n) is 3.01. The average molecular weight is 228 g/mol. The van der Waals surface area contributed by atoms with E-state index in [4.69, 9.17) is 10.5 Å². The third-order valence-corrected chi connectivity index (χ3v) is 3.01. The molecule has 0 aromatic heterocycles. The van der Waals surface area contributed by atoms with Crippen LogP contribution >= 0.6 is 0 Å². The van der Waals surface area contributed by atoms with Gasteiger partial charge >= 0.3 is 0 Å². The number of carbonyl (C=O) groups is 1. The fourth-order valence-corrected chi connectivity index (χ4v) is 1.86. The van der Waals surface area contributed by atoms with Crippen molar-refractivity contribution in [2.45, 2.75) is 58.7 Å². The summed E-state index contributed by atoms with van der Waals surface area (Å²) in [6.07, 6.45) is 1.96. The summed E-state index contributed by atoms with van der Waals surface area (Å²) in [4.78, 5) is 11.5. The van der Waals surface area contributed by atoms with Crippen LogP contribution in [0.15, 0.2) is 0 Å². The number of hydrogen-bond donors (Lipinski definition) is 2. The summed E-state index contributed by atoms with van der Waals surface area (Å²) in [5, 5.41) is 2.98. The van der Waals surface area contributed by atoms with Gasteiger partial charge in [0.15, 0.2) is 0 Å². The van der Waals surface area contributed by atoms with E-state index in [1.807, 2.05) is 0 Å². The van der Waals surface area contributed by atoms with Crippen LogP contribution in [0.4, 0.5) is 0 Å². The first-order valence-corrected chi connectivity index (χ1v) is 5.98. The molecule has 0 bridgehead atoms. The van der Waals surface area contributed by atoms with Crippen molar-refractivity contribution in [2.24, 2.45) is 11.1 Å². The van der Waals surface area contributed by atoms with Gasteiger partial charge in [0.1, 0.15) is 0 Å². The van der Waals surface area contributed by atoms with E-state index in [9.17, 15) is 4.79 Å². The quantitative estimate of drug-likeness (QED) is 0.742. The van der Waals surface area contributed by atoms with Gasteiger partial charge < -0.3 is 15.8 Å². The van der Waals surface area contributed by atoms with Crippen LogP contribution in [-0.2, 0) is 9.53 Å². The molecule has 0 saturated carbocycles. The monoisotopic (exact) mass is 228 g/mol. The Kier molecular flexibility index (Phi) is 4.33. The molecular formula is C12H24N2O2. The summed E-state index contributed by atoms with van der Waals surface area (Å²) in [6, 6.07) is -0.229. The third kappa shape index (κ3) is 3.76. The van der Waals surface area contributed by atoms with Gasteiger partial charge in [0.2, 0.25) is 5.91 Å². The van der Waals surface area contributed by atoms with Gasteiger partial charge in [0, 0.05) is 12.6 Å². The lowest BCUT2D eigenvalue weighted by atomic mass is 9.83. The van der Waals surface area contributed by atoms with Gasteiger partial charge in [-0.15, -0.1) is 0 Å². The molecule has 0 radical (unpaired) electrons. The lowest BCUT2D eigenvalue weighted by Crippen LogP contribution is -2.49. The first-order valence-electron chi connectivity index (χ1n) is 5.98. The molecule has 0 aromatic carbocycles. The van der Waals surface area contributed by atoms with Crippen LogP contribution < -0.4 is 11.1 Å². The second kappa shape index (κ2) is 5.15. The highest BCUT2D eigenvalue weighted by Crippen LogP contribution is 2.29. The molecule has 1 heterocycles. The molecule has 3 N–H and O–H groups in total. The summed E-state index contributed by atoms with van der Waals surface area (Å²) in [6.45, 7) is 8.90. The minimum atomic E-state index is -0.434. The normalized spacial score (nSPS) is 28.6. The minimum Gasteiger partial charge on any atom is -0.378 e. The van der Waals surface area contributed by atoms with Crippen molar-refractivity contribution in [3.63, 3.8) is 0 Å². The zero-order chi connectivity index (χ0) is 12.3. The summed E-state index contributed by atoms with van der Waals surface area (Å²) in [7, 11) is 0. The second-order valence-electron chi connectivity index (χ2n) is 5.74. The Morgan fingerprint density at radius 2 is 2.12 bits per heavy atom. The molecule has 1 fully saturated rings. The van der Waals surface area contributed by atoms with Crippen LogP contribution in [0.3, 0.4) is 0 Å². The molecule has 3 unspecified atom stereocenters. The van der Waals surface area contributed by atoms with Crippen molar-refractivity contribution in [1.29, 1.82) is 0 Å². The molecule has 16 heavy (non-hydrogen) atoms. The van der Waals surface area contributed by atoms with Gasteiger partial charge in [-0.05, 0) is 25.2 Å². The Morgan fingerprint density at radius 1 is 1.50 bits per heavy atom. The summed E-state index contributed by atoms with van der Waals surface area (Å²) in [5.41, 5.74) is 5.65. The number of nitrogens with one attached hydrogen (secondary N) is 1. The smallest absolute Gasteiger partial charge is 0.236 e. The predicted octanol–water partition coefficient (Wildman–Crippen LogP) is 1.04. The zero-order valence-corrected chi connectivity index (χ0v) is 10.7. The lowest BCUT2D eigenvalue weighted by Gasteiger charge is -2.38. The molecule has 3 atom stereocenters. The first kappa shape index (κ1) is 13.5. The van der Waals surface area contributed by atoms with Crippen molar-refractivity contribution in [2.75, 3.05) is 6.61 Å². The second-order valence-corrected chi connectivity index (χ2v) is 5.74. The fraction of sp³-hybridized carbons (Fsp3) is 0.917. The summed E-state index contributed by atoms with van der Waals surface area (Å²) >= 11 is 0. The largest absolute Gasteiger partial charge is 0.378 e. The highest BCUT2D eigenvalue weighted by Gasteiger charge is 2.32. The van der Waals surface area contributed by atoms with E-state index >= 15 is 0 Å². The highest BCUT2D eigenvalue weighted by molar-refractivity contribution is 5.81. The molecular weight excluding hydrogens is 204 g/mol. The molecule has 1 aliphatic rings. The Balaban J connectivity index is 2.48. The number of ether oxygens (including phenoxy) is 1. The Bertz CT molecular complexity index is 246. The van der Waals surface area contributed by atoms with Gasteiger partial charge in [-0.2, -0.15) is 0 Å². The van der Waals surface area contributed by atoms with Gasteiger partial charge in [0.25, 0.3) is 0 Å². The number of rotatable bonds is 2. The Labute approximate surface area is 97.9 Å². The van der Waals surface area contributed by atoms with Gasteiger partial charge in [-0.3, -0.25) is 4.79 Å². The number of carbonyl (C=O) groups excluding carboxylic acids is 1. The van der Waals surface area contributed by atoms with Gasteiger partial charge in [-0.1, -0.05) is 20.8 Å². The molecule has 0 aromatic rings. The molecule has 0 spiro atoms. The van der Waals surface area contributed by atoms with E-state index < -0.39 is 6.04 Å². The molecule has 1 saturated heterocycles. The van der Waals surface area contributed by atoms with Crippen LogP contribution in [-0.4, -0.2) is 30.7 Å². The predicted molar refractivity (Wildman–Crippen MR) is 64.0 cm³/mol. The topological polar surface area (TPSA) is 64.4 Å². The Hall–Kier alpha value is -0.610. The van der Waals surface area contributed by atoms with Crippen molar-refractivity contribution >= 4 is 5.91 Å². The van der Waals surface area contributed by atoms with Crippen LogP contribution in [0.1, 0.15) is 40.5 Å². The first-order chi connectivity index (χ1) is 7.30. The van der Waals surface area contributed by atoms with Gasteiger partial charge in [-0.25, -0.2) is 0 Å². The lowest BCUT2D eigenvalue weighted by molar-refractivity contribution is -0.124. The van der Waals surface area contributed by atoms with Crippen molar-refractivity contribution in [3.8, 4) is 0 Å². The standard InChI is InChI=1S/C12H24N2O2/c1-8(13)11(15)14-9-5-6-16-10(7-9)12(2,3)4/h8-10H,5-7,13H2,1-4H3,(H,14,15). The van der Waals surface area contributed by atoms with Crippen molar-refractivity contribution in [3.05, 3.63) is 0 Å². The van der Waals surface area contributed by atoms with E-state index in [0.29, 0.717) is 6.61 Å². The highest BCUT2D eigenvalue weighted by atomic mass is 16.5. The molecule has 1 aliphatic heterocycles. The molecule has 94 valence electrons. The van der Waals surface area contributed by atoms with E-state index in [-0.39, 0.29) is 23.5 Å². The summed E-state index contributed by atoms with van der Waals surface area (Å²) < 4.78 is 5.73. The van der Waals surface area contributed by atoms with E-state index in [1.165, 1.54) is 0 Å². The summed E-state index contributed by atoms with van der Waals surface area (Å²) in [5.74, 6) is -0.0699. The maximum absolute atomic E-state index is 11.5. The van der Waals surface area contributed by atoms with E-state index in [1.54, 1.807) is 6.92 Å². The van der Waals surface area contributed by atoms with Crippen LogP contribution in [0, 0.1) is 5.41 Å². The van der Waals surface area contributed by atoms with Crippen molar-refractivity contribution < 1.29 is 9.53 Å². The number of hydrogen-bond acceptors (Lipinski definition) is 3. The molecule has 4 nitrogen and oxygen atoms in total. The number of amides is 1. The van der Waals surface area contributed by atoms with Gasteiger partial charge in [0.05, 0.1) is 12.1 Å².